The number of ether oxygens (including phenoxy) is 2. The summed E-state index contributed by atoms with van der Waals surface area (Å²) >= 11 is 0. The molecule has 0 aliphatic heterocycles. The Bertz CT molecular complexity index is 491. The molecule has 0 atom stereocenters. The molecule has 1 aromatic rings. The highest BCUT2D eigenvalue weighted by molar-refractivity contribution is 14.0. The SMILES string of the molecule is CCCCOCCCNC(=NC)NCc1ccccc1OC(F)F.I. The third-order valence-electron chi connectivity index (χ3n) is 3.26. The number of guanidine groups is 1. The summed E-state index contributed by atoms with van der Waals surface area (Å²) in [4.78, 5) is 4.11. The van der Waals surface area contributed by atoms with Gasteiger partial charge in [-0.05, 0) is 18.9 Å². The zero-order valence-electron chi connectivity index (χ0n) is 14.8. The molecule has 0 aromatic heterocycles. The highest BCUT2D eigenvalue weighted by atomic mass is 127. The van der Waals surface area contributed by atoms with Gasteiger partial charge in [0, 0.05) is 38.9 Å². The summed E-state index contributed by atoms with van der Waals surface area (Å²) in [5, 5.41) is 6.24. The highest BCUT2D eigenvalue weighted by Crippen LogP contribution is 2.19. The maximum atomic E-state index is 12.4. The first kappa shape index (κ1) is 23.8. The second-order valence-electron chi connectivity index (χ2n) is 5.16. The molecule has 1 rings (SSSR count). The number of unbranched alkanes of at least 4 members (excludes halogenated alkanes) is 1. The van der Waals surface area contributed by atoms with Gasteiger partial charge >= 0.3 is 6.61 Å². The molecule has 0 heterocycles. The molecular formula is C17H28F2IN3O2. The maximum absolute atomic E-state index is 12.4. The van der Waals surface area contributed by atoms with E-state index in [9.17, 15) is 8.78 Å². The Hall–Kier alpha value is -1.16. The molecule has 8 heteroatoms. The van der Waals surface area contributed by atoms with Crippen LogP contribution >= 0.6 is 24.0 Å². The van der Waals surface area contributed by atoms with Crippen molar-refractivity contribution in [2.45, 2.75) is 39.3 Å². The van der Waals surface area contributed by atoms with Crippen LogP contribution in [-0.2, 0) is 11.3 Å². The van der Waals surface area contributed by atoms with E-state index < -0.39 is 6.61 Å². The Labute approximate surface area is 165 Å². The van der Waals surface area contributed by atoms with Crippen LogP contribution in [0, 0.1) is 0 Å². The van der Waals surface area contributed by atoms with E-state index in [4.69, 9.17) is 4.74 Å². The Morgan fingerprint density at radius 3 is 2.56 bits per heavy atom. The summed E-state index contributed by atoms with van der Waals surface area (Å²) < 4.78 is 34.8. The minimum absolute atomic E-state index is 0. The summed E-state index contributed by atoms with van der Waals surface area (Å²) in [6, 6.07) is 6.69. The molecule has 0 aliphatic carbocycles. The Balaban J connectivity index is 0.00000576. The average molecular weight is 471 g/mol. The molecule has 0 amide bonds. The number of nitrogens with zero attached hydrogens (tertiary/aromatic N) is 1. The average Bonchev–Trinajstić information content (AvgIpc) is 2.57. The second-order valence-corrected chi connectivity index (χ2v) is 5.16. The number of nitrogens with one attached hydrogen (secondary N) is 2. The van der Waals surface area contributed by atoms with Gasteiger partial charge in [-0.15, -0.1) is 24.0 Å². The van der Waals surface area contributed by atoms with Gasteiger partial charge in [-0.25, -0.2) is 0 Å². The molecule has 0 saturated heterocycles. The Morgan fingerprint density at radius 1 is 1.16 bits per heavy atom. The predicted molar refractivity (Wildman–Crippen MR) is 107 cm³/mol. The number of para-hydroxylation sites is 1. The summed E-state index contributed by atoms with van der Waals surface area (Å²) in [7, 11) is 1.66. The molecular weight excluding hydrogens is 443 g/mol. The van der Waals surface area contributed by atoms with Gasteiger partial charge in [0.1, 0.15) is 5.75 Å². The number of halogens is 3. The Kier molecular flexibility index (Phi) is 14.4. The fourth-order valence-electron chi connectivity index (χ4n) is 1.99. The van der Waals surface area contributed by atoms with Crippen molar-refractivity contribution in [2.75, 3.05) is 26.8 Å². The molecule has 0 bridgehead atoms. The lowest BCUT2D eigenvalue weighted by Crippen LogP contribution is -2.37. The maximum Gasteiger partial charge on any atom is 0.387 e. The van der Waals surface area contributed by atoms with Crippen LogP contribution in [0.4, 0.5) is 8.78 Å². The summed E-state index contributed by atoms with van der Waals surface area (Å²) in [6.45, 7) is 1.86. The molecule has 1 aromatic carbocycles. The van der Waals surface area contributed by atoms with E-state index >= 15 is 0 Å². The zero-order valence-corrected chi connectivity index (χ0v) is 17.1. The first-order valence-electron chi connectivity index (χ1n) is 8.22. The van der Waals surface area contributed by atoms with Crippen LogP contribution in [-0.4, -0.2) is 39.4 Å². The van der Waals surface area contributed by atoms with Crippen molar-refractivity contribution in [3.05, 3.63) is 29.8 Å². The first-order valence-corrected chi connectivity index (χ1v) is 8.22. The molecule has 25 heavy (non-hydrogen) atoms. The monoisotopic (exact) mass is 471 g/mol. The lowest BCUT2D eigenvalue weighted by molar-refractivity contribution is -0.0504. The molecule has 0 unspecified atom stereocenters. The molecule has 0 aliphatic rings. The van der Waals surface area contributed by atoms with Crippen LogP contribution in [0.25, 0.3) is 0 Å². The van der Waals surface area contributed by atoms with Crippen molar-refractivity contribution >= 4 is 29.9 Å². The van der Waals surface area contributed by atoms with E-state index in [2.05, 4.69) is 27.3 Å². The van der Waals surface area contributed by atoms with E-state index in [1.54, 1.807) is 25.2 Å². The third-order valence-corrected chi connectivity index (χ3v) is 3.26. The lowest BCUT2D eigenvalue weighted by Gasteiger charge is -2.14. The van der Waals surface area contributed by atoms with Crippen LogP contribution < -0.4 is 15.4 Å². The van der Waals surface area contributed by atoms with Crippen LogP contribution in [0.5, 0.6) is 5.75 Å². The minimum Gasteiger partial charge on any atom is -0.434 e. The molecule has 2 N–H and O–H groups in total. The van der Waals surface area contributed by atoms with Gasteiger partial charge in [-0.2, -0.15) is 8.78 Å². The van der Waals surface area contributed by atoms with Gasteiger partial charge < -0.3 is 20.1 Å². The highest BCUT2D eigenvalue weighted by Gasteiger charge is 2.09. The number of alkyl halides is 2. The van der Waals surface area contributed by atoms with E-state index in [1.165, 1.54) is 6.07 Å². The summed E-state index contributed by atoms with van der Waals surface area (Å²) in [5.41, 5.74) is 0.642. The predicted octanol–water partition coefficient (Wildman–Crippen LogP) is 3.78. The van der Waals surface area contributed by atoms with E-state index in [0.717, 1.165) is 32.4 Å². The number of aliphatic imine (C=N–C) groups is 1. The van der Waals surface area contributed by atoms with Gasteiger partial charge in [-0.1, -0.05) is 31.5 Å². The fourth-order valence-corrected chi connectivity index (χ4v) is 1.99. The number of hydrogen-bond donors (Lipinski definition) is 2. The molecule has 5 nitrogen and oxygen atoms in total. The fraction of sp³-hybridized carbons (Fsp3) is 0.588. The lowest BCUT2D eigenvalue weighted by atomic mass is 10.2. The quantitative estimate of drug-likeness (QED) is 0.223. The number of benzene rings is 1. The standard InChI is InChI=1S/C17H27F2N3O2.HI/c1-3-4-11-23-12-7-10-21-17(20-2)22-13-14-8-5-6-9-15(14)24-16(18)19;/h5-6,8-9,16H,3-4,7,10-13H2,1-2H3,(H2,20,21,22);1H. The second kappa shape index (κ2) is 15.1. The van der Waals surface area contributed by atoms with Gasteiger partial charge in [0.15, 0.2) is 5.96 Å². The summed E-state index contributed by atoms with van der Waals surface area (Å²) in [5.74, 6) is 0.773. The van der Waals surface area contributed by atoms with E-state index in [1.807, 2.05) is 0 Å². The first-order chi connectivity index (χ1) is 11.7. The normalized spacial score (nSPS) is 11.2. The van der Waals surface area contributed by atoms with Crippen molar-refractivity contribution in [1.29, 1.82) is 0 Å². The van der Waals surface area contributed by atoms with Gasteiger partial charge in [-0.3, -0.25) is 4.99 Å². The van der Waals surface area contributed by atoms with Crippen molar-refractivity contribution in [3.8, 4) is 5.75 Å². The van der Waals surface area contributed by atoms with Crippen LogP contribution in [0.2, 0.25) is 0 Å². The van der Waals surface area contributed by atoms with Gasteiger partial charge in [0.2, 0.25) is 0 Å². The third kappa shape index (κ3) is 11.1. The summed E-state index contributed by atoms with van der Waals surface area (Å²) in [6.07, 6.45) is 3.08. The topological polar surface area (TPSA) is 54.9 Å². The van der Waals surface area contributed by atoms with Gasteiger partial charge in [0.05, 0.1) is 0 Å². The minimum atomic E-state index is -2.84. The van der Waals surface area contributed by atoms with Crippen molar-refractivity contribution in [1.82, 2.24) is 10.6 Å². The van der Waals surface area contributed by atoms with E-state index in [0.29, 0.717) is 24.7 Å². The zero-order chi connectivity index (χ0) is 17.6. The molecule has 0 radical (unpaired) electrons. The van der Waals surface area contributed by atoms with Crippen LogP contribution in [0.1, 0.15) is 31.7 Å². The largest absolute Gasteiger partial charge is 0.434 e. The Morgan fingerprint density at radius 2 is 1.88 bits per heavy atom. The molecule has 0 fully saturated rings. The number of hydrogen-bond acceptors (Lipinski definition) is 3. The molecule has 0 spiro atoms. The van der Waals surface area contributed by atoms with Crippen LogP contribution in [0.3, 0.4) is 0 Å². The van der Waals surface area contributed by atoms with Crippen LogP contribution in [0.15, 0.2) is 29.3 Å². The molecule has 144 valence electrons. The van der Waals surface area contributed by atoms with Crippen molar-refractivity contribution in [3.63, 3.8) is 0 Å². The molecule has 0 saturated carbocycles. The van der Waals surface area contributed by atoms with Crippen molar-refractivity contribution in [2.24, 2.45) is 4.99 Å². The van der Waals surface area contributed by atoms with Crippen molar-refractivity contribution < 1.29 is 18.3 Å². The van der Waals surface area contributed by atoms with E-state index in [-0.39, 0.29) is 29.7 Å². The smallest absolute Gasteiger partial charge is 0.387 e. The van der Waals surface area contributed by atoms with Gasteiger partial charge in [0.25, 0.3) is 0 Å². The number of rotatable bonds is 11.